The van der Waals surface area contributed by atoms with Crippen LogP contribution in [0.2, 0.25) is 0 Å². The van der Waals surface area contributed by atoms with Crippen molar-refractivity contribution in [2.45, 2.75) is 25.6 Å². The molecule has 0 bridgehead atoms. The Kier molecular flexibility index (Phi) is 4.12. The van der Waals surface area contributed by atoms with Gasteiger partial charge in [0.1, 0.15) is 11.2 Å². The lowest BCUT2D eigenvalue weighted by molar-refractivity contribution is -0.147. The molecule has 8 heteroatoms. The van der Waals surface area contributed by atoms with Gasteiger partial charge >= 0.3 is 12.1 Å². The minimum Gasteiger partial charge on any atom is -0.480 e. The van der Waals surface area contributed by atoms with Gasteiger partial charge in [-0.3, -0.25) is 4.79 Å². The molecule has 0 fully saturated rings. The van der Waals surface area contributed by atoms with Crippen LogP contribution in [0, 0.1) is 0 Å². The predicted molar refractivity (Wildman–Crippen MR) is 81.7 cm³/mol. The van der Waals surface area contributed by atoms with Crippen molar-refractivity contribution < 1.29 is 27.9 Å². The minimum atomic E-state index is -4.48. The van der Waals surface area contributed by atoms with E-state index < -0.39 is 29.2 Å². The van der Waals surface area contributed by atoms with E-state index in [9.17, 15) is 27.9 Å². The second-order valence-electron chi connectivity index (χ2n) is 6.09. The van der Waals surface area contributed by atoms with E-state index in [1.54, 1.807) is 7.05 Å². The molecule has 5 nitrogen and oxygen atoms in total. The molecule has 1 aromatic carbocycles. The van der Waals surface area contributed by atoms with Crippen molar-refractivity contribution in [3.05, 3.63) is 35.5 Å². The number of carbonyl (C=O) groups excluding carboxylic acids is 1. The third-order valence-corrected chi connectivity index (χ3v) is 4.26. The van der Waals surface area contributed by atoms with Crippen LogP contribution < -0.4 is 0 Å². The molecule has 130 valence electrons. The Balaban J connectivity index is 2.52. The van der Waals surface area contributed by atoms with Gasteiger partial charge in [-0.1, -0.05) is 0 Å². The normalized spacial score (nSPS) is 12.5. The Morgan fingerprint density at radius 1 is 1.17 bits per heavy atom. The first kappa shape index (κ1) is 17.8. The molecule has 0 saturated carbocycles. The van der Waals surface area contributed by atoms with Gasteiger partial charge in [0.05, 0.1) is 5.56 Å². The van der Waals surface area contributed by atoms with Crippen LogP contribution in [0.1, 0.15) is 29.9 Å². The summed E-state index contributed by atoms with van der Waals surface area (Å²) in [7, 11) is 2.89. The van der Waals surface area contributed by atoms with Crippen molar-refractivity contribution in [2.75, 3.05) is 7.05 Å². The lowest BCUT2D eigenvalue weighted by atomic mass is 10.0. The molecule has 0 atom stereocenters. The van der Waals surface area contributed by atoms with Crippen molar-refractivity contribution in [2.24, 2.45) is 7.05 Å². The van der Waals surface area contributed by atoms with Crippen molar-refractivity contribution in [1.82, 2.24) is 9.47 Å². The van der Waals surface area contributed by atoms with Crippen LogP contribution in [0.15, 0.2) is 24.3 Å². The molecule has 24 heavy (non-hydrogen) atoms. The zero-order valence-electron chi connectivity index (χ0n) is 13.6. The highest BCUT2D eigenvalue weighted by Crippen LogP contribution is 2.32. The Bertz CT molecular complexity index is 822. The first-order valence-corrected chi connectivity index (χ1v) is 7.05. The summed E-state index contributed by atoms with van der Waals surface area (Å²) < 4.78 is 39.9. The first-order chi connectivity index (χ1) is 10.9. The average molecular weight is 342 g/mol. The summed E-state index contributed by atoms with van der Waals surface area (Å²) in [6.45, 7) is 2.75. The average Bonchev–Trinajstić information content (AvgIpc) is 2.81. The predicted octanol–water partition coefficient (Wildman–Crippen LogP) is 3.13. The third kappa shape index (κ3) is 2.83. The second-order valence-corrected chi connectivity index (χ2v) is 6.09. The highest BCUT2D eigenvalue weighted by atomic mass is 19.4. The van der Waals surface area contributed by atoms with Crippen LogP contribution in [0.4, 0.5) is 13.2 Å². The molecule has 0 unspecified atom stereocenters. The summed E-state index contributed by atoms with van der Waals surface area (Å²) in [5.74, 6) is -1.77. The van der Waals surface area contributed by atoms with Gasteiger partial charge in [-0.2, -0.15) is 13.2 Å². The minimum absolute atomic E-state index is 0.112. The highest BCUT2D eigenvalue weighted by Gasteiger charge is 2.37. The molecule has 0 aliphatic heterocycles. The number of halogens is 3. The van der Waals surface area contributed by atoms with Crippen molar-refractivity contribution in [3.8, 4) is 0 Å². The Morgan fingerprint density at radius 2 is 1.75 bits per heavy atom. The van der Waals surface area contributed by atoms with E-state index in [4.69, 9.17) is 0 Å². The van der Waals surface area contributed by atoms with E-state index in [1.807, 2.05) is 0 Å². The molecule has 0 radical (unpaired) electrons. The summed E-state index contributed by atoms with van der Waals surface area (Å²) in [6, 6.07) is 4.54. The zero-order valence-corrected chi connectivity index (χ0v) is 13.6. The standard InChI is InChI=1S/C16H17F3N2O3/c1-15(2,14(23)24)21(4)13(22)12-8-9-7-10(16(17,18)19)5-6-11(9)20(12)3/h5-8H,1-4H3,(H,23,24). The van der Waals surface area contributed by atoms with Crippen LogP contribution in [0.3, 0.4) is 0 Å². The van der Waals surface area contributed by atoms with Crippen LogP contribution >= 0.6 is 0 Å². The number of carboxylic acid groups (broad SMARTS) is 1. The van der Waals surface area contributed by atoms with Gasteiger partial charge < -0.3 is 14.6 Å². The maximum absolute atomic E-state index is 12.8. The van der Waals surface area contributed by atoms with E-state index in [2.05, 4.69) is 0 Å². The van der Waals surface area contributed by atoms with Crippen LogP contribution in [0.5, 0.6) is 0 Å². The monoisotopic (exact) mass is 342 g/mol. The number of hydrogen-bond acceptors (Lipinski definition) is 2. The third-order valence-electron chi connectivity index (χ3n) is 4.26. The summed E-state index contributed by atoms with van der Waals surface area (Å²) in [6.07, 6.45) is -4.48. The molecule has 0 saturated heterocycles. The molecule has 1 aromatic heterocycles. The SMILES string of the molecule is CN(C(=O)c1cc2cc(C(F)(F)F)ccc2n1C)C(C)(C)C(=O)O. The topological polar surface area (TPSA) is 62.5 Å². The van der Waals surface area contributed by atoms with E-state index in [0.717, 1.165) is 17.0 Å². The van der Waals surface area contributed by atoms with Crippen molar-refractivity contribution in [3.63, 3.8) is 0 Å². The van der Waals surface area contributed by atoms with E-state index >= 15 is 0 Å². The maximum Gasteiger partial charge on any atom is 0.416 e. The number of aliphatic carboxylic acids is 1. The van der Waals surface area contributed by atoms with Crippen LogP contribution in [0.25, 0.3) is 10.9 Å². The Labute approximate surface area is 136 Å². The van der Waals surface area contributed by atoms with Gasteiger partial charge in [0.25, 0.3) is 5.91 Å². The molecular weight excluding hydrogens is 325 g/mol. The van der Waals surface area contributed by atoms with Crippen LogP contribution in [-0.2, 0) is 18.0 Å². The zero-order chi connectivity index (χ0) is 18.4. The molecule has 1 heterocycles. The molecule has 1 N–H and O–H groups in total. The quantitative estimate of drug-likeness (QED) is 0.932. The smallest absolute Gasteiger partial charge is 0.416 e. The lowest BCUT2D eigenvalue weighted by Gasteiger charge is -2.31. The van der Waals surface area contributed by atoms with E-state index in [-0.39, 0.29) is 11.1 Å². The number of alkyl halides is 3. The number of hydrogen-bond donors (Lipinski definition) is 1. The Hall–Kier alpha value is -2.51. The van der Waals surface area contributed by atoms with Gasteiger partial charge in [0.15, 0.2) is 0 Å². The number of fused-ring (bicyclic) bond motifs is 1. The molecule has 2 rings (SSSR count). The maximum atomic E-state index is 12.8. The number of amides is 1. The van der Waals surface area contributed by atoms with E-state index in [0.29, 0.717) is 5.52 Å². The summed E-state index contributed by atoms with van der Waals surface area (Å²) >= 11 is 0. The second kappa shape index (κ2) is 5.54. The number of nitrogens with zero attached hydrogens (tertiary/aromatic N) is 2. The molecule has 1 amide bonds. The number of benzene rings is 1. The number of aryl methyl sites for hydroxylation is 1. The van der Waals surface area contributed by atoms with Crippen molar-refractivity contribution >= 4 is 22.8 Å². The number of rotatable bonds is 3. The van der Waals surface area contributed by atoms with E-state index in [1.165, 1.54) is 37.6 Å². The molecule has 0 spiro atoms. The van der Waals surface area contributed by atoms with Gasteiger partial charge in [0.2, 0.25) is 0 Å². The number of carbonyl (C=O) groups is 2. The fourth-order valence-electron chi connectivity index (χ4n) is 2.30. The molecule has 2 aromatic rings. The van der Waals surface area contributed by atoms with Gasteiger partial charge in [-0.15, -0.1) is 0 Å². The first-order valence-electron chi connectivity index (χ1n) is 7.05. The molecular formula is C16H17F3N2O3. The number of aromatic nitrogens is 1. The van der Waals surface area contributed by atoms with Gasteiger partial charge in [-0.25, -0.2) is 4.79 Å². The number of carboxylic acids is 1. The lowest BCUT2D eigenvalue weighted by Crippen LogP contribution is -2.51. The Morgan fingerprint density at radius 3 is 2.25 bits per heavy atom. The fourth-order valence-corrected chi connectivity index (χ4v) is 2.30. The number of likely N-dealkylation sites (N-methyl/N-ethyl adjacent to an activating group) is 1. The van der Waals surface area contributed by atoms with Crippen LogP contribution in [-0.4, -0.2) is 39.0 Å². The molecule has 0 aliphatic rings. The van der Waals surface area contributed by atoms with Gasteiger partial charge in [0, 0.05) is 25.0 Å². The summed E-state index contributed by atoms with van der Waals surface area (Å²) in [4.78, 5) is 24.9. The largest absolute Gasteiger partial charge is 0.480 e. The fraction of sp³-hybridized carbons (Fsp3) is 0.375. The summed E-state index contributed by atoms with van der Waals surface area (Å²) in [5.41, 5.74) is -1.70. The van der Waals surface area contributed by atoms with Crippen molar-refractivity contribution in [1.29, 1.82) is 0 Å². The highest BCUT2D eigenvalue weighted by molar-refractivity contribution is 6.00. The van der Waals surface area contributed by atoms with Gasteiger partial charge in [-0.05, 0) is 38.1 Å². The summed E-state index contributed by atoms with van der Waals surface area (Å²) in [5, 5.41) is 9.48. The molecule has 0 aliphatic carbocycles.